The van der Waals surface area contributed by atoms with Crippen LogP contribution >= 0.6 is 0 Å². The Morgan fingerprint density at radius 2 is 2.13 bits per heavy atom. The standard InChI is InChI=1S/C17H22N4O2/c1-19-11-17(23-16(19)22)7-4-8-20(12-17)9-10-21-13-18-14-5-2-3-6-15(14)21/h2-3,5-6,13H,4,7-12H2,1H3/t17-/m1/s1. The number of imidazole rings is 1. The maximum Gasteiger partial charge on any atom is 0.410 e. The summed E-state index contributed by atoms with van der Waals surface area (Å²) in [5.41, 5.74) is 1.90. The number of piperidine rings is 1. The smallest absolute Gasteiger partial charge is 0.410 e. The summed E-state index contributed by atoms with van der Waals surface area (Å²) in [6.07, 6.45) is 3.76. The van der Waals surface area contributed by atoms with Crippen LogP contribution in [0, 0.1) is 0 Å². The average Bonchev–Trinajstić information content (AvgIpc) is 3.07. The third-order valence-electron chi connectivity index (χ3n) is 4.94. The molecule has 6 nitrogen and oxygen atoms in total. The van der Waals surface area contributed by atoms with Gasteiger partial charge in [0.15, 0.2) is 0 Å². The molecule has 6 heteroatoms. The Labute approximate surface area is 135 Å². The Hall–Kier alpha value is -2.08. The number of ether oxygens (including phenoxy) is 1. The number of hydrogen-bond donors (Lipinski definition) is 0. The number of carbonyl (C=O) groups excluding carboxylic acids is 1. The van der Waals surface area contributed by atoms with Crippen LogP contribution in [0.1, 0.15) is 12.8 Å². The molecular weight excluding hydrogens is 292 g/mol. The van der Waals surface area contributed by atoms with E-state index in [1.807, 2.05) is 31.6 Å². The summed E-state index contributed by atoms with van der Waals surface area (Å²) in [6.45, 7) is 4.45. The molecule has 0 N–H and O–H groups in total. The van der Waals surface area contributed by atoms with E-state index in [0.717, 1.165) is 44.5 Å². The SMILES string of the molecule is CN1C[C@@]2(CCCN(CCn3cnc4ccccc43)C2)OC1=O. The van der Waals surface area contributed by atoms with E-state index in [1.54, 1.807) is 4.90 Å². The molecule has 3 heterocycles. The number of nitrogens with zero attached hydrogens (tertiary/aromatic N) is 4. The molecule has 2 aliphatic heterocycles. The Balaban J connectivity index is 1.42. The number of aromatic nitrogens is 2. The van der Waals surface area contributed by atoms with Crippen LogP contribution in [0.2, 0.25) is 0 Å². The molecule has 0 unspecified atom stereocenters. The van der Waals surface area contributed by atoms with Gasteiger partial charge in [-0.3, -0.25) is 4.90 Å². The maximum absolute atomic E-state index is 11.7. The van der Waals surface area contributed by atoms with E-state index in [9.17, 15) is 4.79 Å². The fourth-order valence-corrected chi connectivity index (χ4v) is 3.82. The molecule has 122 valence electrons. The van der Waals surface area contributed by atoms with Gasteiger partial charge in [0.1, 0.15) is 5.60 Å². The van der Waals surface area contributed by atoms with Crippen molar-refractivity contribution in [1.29, 1.82) is 0 Å². The second kappa shape index (κ2) is 5.53. The first-order chi connectivity index (χ1) is 11.2. The van der Waals surface area contributed by atoms with E-state index >= 15 is 0 Å². The highest BCUT2D eigenvalue weighted by Crippen LogP contribution is 2.31. The quantitative estimate of drug-likeness (QED) is 0.869. The van der Waals surface area contributed by atoms with Gasteiger partial charge in [0.05, 0.1) is 23.9 Å². The van der Waals surface area contributed by atoms with Crippen LogP contribution in [0.4, 0.5) is 4.79 Å². The zero-order valence-corrected chi connectivity index (χ0v) is 13.4. The fraction of sp³-hybridized carbons (Fsp3) is 0.529. The minimum atomic E-state index is -0.304. The number of rotatable bonds is 3. The van der Waals surface area contributed by atoms with E-state index < -0.39 is 0 Å². The molecule has 1 spiro atoms. The van der Waals surface area contributed by atoms with Gasteiger partial charge in [0.2, 0.25) is 0 Å². The van der Waals surface area contributed by atoms with E-state index in [-0.39, 0.29) is 11.7 Å². The molecule has 1 aromatic carbocycles. The van der Waals surface area contributed by atoms with Crippen molar-refractivity contribution < 1.29 is 9.53 Å². The molecule has 23 heavy (non-hydrogen) atoms. The van der Waals surface area contributed by atoms with Crippen molar-refractivity contribution in [3.63, 3.8) is 0 Å². The molecule has 2 aromatic rings. The van der Waals surface area contributed by atoms with Gasteiger partial charge in [-0.05, 0) is 31.5 Å². The first-order valence-electron chi connectivity index (χ1n) is 8.22. The summed E-state index contributed by atoms with van der Waals surface area (Å²) < 4.78 is 7.86. The monoisotopic (exact) mass is 314 g/mol. The first-order valence-corrected chi connectivity index (χ1v) is 8.22. The number of hydrogen-bond acceptors (Lipinski definition) is 4. The van der Waals surface area contributed by atoms with Gasteiger partial charge >= 0.3 is 6.09 Å². The molecule has 4 rings (SSSR count). The van der Waals surface area contributed by atoms with E-state index in [1.165, 1.54) is 5.52 Å². The zero-order chi connectivity index (χ0) is 15.9. The molecule has 2 aliphatic rings. The lowest BCUT2D eigenvalue weighted by Gasteiger charge is -2.38. The highest BCUT2D eigenvalue weighted by molar-refractivity contribution is 5.74. The van der Waals surface area contributed by atoms with Crippen molar-refractivity contribution in [2.45, 2.75) is 25.0 Å². The van der Waals surface area contributed by atoms with E-state index in [4.69, 9.17) is 4.74 Å². The zero-order valence-electron chi connectivity index (χ0n) is 13.4. The summed E-state index contributed by atoms with van der Waals surface area (Å²) in [5, 5.41) is 0. The number of carbonyl (C=O) groups is 1. The molecule has 2 fully saturated rings. The summed E-state index contributed by atoms with van der Waals surface area (Å²) in [7, 11) is 1.81. The highest BCUT2D eigenvalue weighted by Gasteiger charge is 2.46. The predicted molar refractivity (Wildman–Crippen MR) is 87.2 cm³/mol. The largest absolute Gasteiger partial charge is 0.440 e. The second-order valence-electron chi connectivity index (χ2n) is 6.71. The van der Waals surface area contributed by atoms with Crippen molar-refractivity contribution in [2.24, 2.45) is 0 Å². The van der Waals surface area contributed by atoms with Crippen LogP contribution < -0.4 is 0 Å². The summed E-state index contributed by atoms with van der Waals surface area (Å²) in [6, 6.07) is 8.20. The molecule has 0 saturated carbocycles. The van der Waals surface area contributed by atoms with Crippen LogP contribution in [0.3, 0.4) is 0 Å². The number of likely N-dealkylation sites (tertiary alicyclic amines) is 1. The summed E-state index contributed by atoms with van der Waals surface area (Å²) >= 11 is 0. The Morgan fingerprint density at radius 3 is 2.96 bits per heavy atom. The van der Waals surface area contributed by atoms with E-state index in [0.29, 0.717) is 6.54 Å². The van der Waals surface area contributed by atoms with Crippen molar-refractivity contribution in [2.75, 3.05) is 33.2 Å². The van der Waals surface area contributed by atoms with Gasteiger partial charge in [-0.2, -0.15) is 0 Å². The van der Waals surface area contributed by atoms with Gasteiger partial charge in [-0.1, -0.05) is 12.1 Å². The second-order valence-corrected chi connectivity index (χ2v) is 6.71. The summed E-state index contributed by atoms with van der Waals surface area (Å²) in [4.78, 5) is 20.3. The van der Waals surface area contributed by atoms with Gasteiger partial charge in [-0.25, -0.2) is 9.78 Å². The van der Waals surface area contributed by atoms with Gasteiger partial charge in [0, 0.05) is 26.7 Å². The van der Waals surface area contributed by atoms with Crippen LogP contribution in [0.5, 0.6) is 0 Å². The third-order valence-corrected chi connectivity index (χ3v) is 4.94. The molecule has 1 aromatic heterocycles. The lowest BCUT2D eigenvalue weighted by Crippen LogP contribution is -2.51. The number of benzene rings is 1. The van der Waals surface area contributed by atoms with Crippen molar-refractivity contribution in [3.05, 3.63) is 30.6 Å². The molecule has 0 bridgehead atoms. The lowest BCUT2D eigenvalue weighted by atomic mass is 9.93. The normalized spacial score (nSPS) is 25.4. The highest BCUT2D eigenvalue weighted by atomic mass is 16.6. The third kappa shape index (κ3) is 2.67. The van der Waals surface area contributed by atoms with E-state index in [2.05, 4.69) is 20.5 Å². The molecule has 0 aliphatic carbocycles. The first kappa shape index (κ1) is 14.5. The maximum atomic E-state index is 11.7. The van der Waals surface area contributed by atoms with Crippen LogP contribution in [-0.2, 0) is 11.3 Å². The molecular formula is C17H22N4O2. The molecule has 2 saturated heterocycles. The average molecular weight is 314 g/mol. The van der Waals surface area contributed by atoms with Crippen LogP contribution in [-0.4, -0.2) is 64.3 Å². The minimum Gasteiger partial charge on any atom is -0.440 e. The Morgan fingerprint density at radius 1 is 1.26 bits per heavy atom. The van der Waals surface area contributed by atoms with Gasteiger partial charge in [-0.15, -0.1) is 0 Å². The van der Waals surface area contributed by atoms with Crippen molar-refractivity contribution >= 4 is 17.1 Å². The van der Waals surface area contributed by atoms with Crippen LogP contribution in [0.25, 0.3) is 11.0 Å². The Kier molecular flexibility index (Phi) is 3.49. The lowest BCUT2D eigenvalue weighted by molar-refractivity contribution is -0.00949. The Bertz CT molecular complexity index is 728. The number of para-hydroxylation sites is 2. The van der Waals surface area contributed by atoms with Crippen molar-refractivity contribution in [3.8, 4) is 0 Å². The predicted octanol–water partition coefficient (Wildman–Crippen LogP) is 1.95. The molecule has 1 amide bonds. The number of amides is 1. The number of fused-ring (bicyclic) bond motifs is 1. The minimum absolute atomic E-state index is 0.188. The fourth-order valence-electron chi connectivity index (χ4n) is 3.82. The summed E-state index contributed by atoms with van der Waals surface area (Å²) in [5.74, 6) is 0. The van der Waals surface area contributed by atoms with Crippen molar-refractivity contribution in [1.82, 2.24) is 19.4 Å². The molecule has 1 atom stereocenters. The topological polar surface area (TPSA) is 50.6 Å². The van der Waals surface area contributed by atoms with Crippen LogP contribution in [0.15, 0.2) is 30.6 Å². The molecule has 0 radical (unpaired) electrons. The van der Waals surface area contributed by atoms with Gasteiger partial charge in [0.25, 0.3) is 0 Å². The number of likely N-dealkylation sites (N-methyl/N-ethyl adjacent to an activating group) is 1. The van der Waals surface area contributed by atoms with Gasteiger partial charge < -0.3 is 14.2 Å².